The van der Waals surface area contributed by atoms with Crippen molar-refractivity contribution in [3.05, 3.63) is 10.7 Å². The predicted octanol–water partition coefficient (Wildman–Crippen LogP) is 2.98. The lowest BCUT2D eigenvalue weighted by Crippen LogP contribution is -2.40. The molecular formula is C12H19BrN4. The van der Waals surface area contributed by atoms with Gasteiger partial charge in [0.1, 0.15) is 10.4 Å². The number of piperidine rings is 1. The van der Waals surface area contributed by atoms with Crippen LogP contribution in [0.15, 0.2) is 10.7 Å². The van der Waals surface area contributed by atoms with Crippen molar-refractivity contribution in [3.63, 3.8) is 0 Å². The van der Waals surface area contributed by atoms with Crippen LogP contribution in [0.2, 0.25) is 0 Å². The summed E-state index contributed by atoms with van der Waals surface area (Å²) in [5, 5.41) is 0. The maximum absolute atomic E-state index is 5.78. The lowest BCUT2D eigenvalue weighted by molar-refractivity contribution is 0.428. The van der Waals surface area contributed by atoms with Gasteiger partial charge in [0.2, 0.25) is 5.95 Å². The maximum Gasteiger partial charge on any atom is 0.228 e. The van der Waals surface area contributed by atoms with Gasteiger partial charge in [-0.1, -0.05) is 13.3 Å². The smallest absolute Gasteiger partial charge is 0.228 e. The van der Waals surface area contributed by atoms with E-state index in [2.05, 4.69) is 37.7 Å². The van der Waals surface area contributed by atoms with Crippen LogP contribution in [0.3, 0.4) is 0 Å². The number of aromatic nitrogens is 2. The van der Waals surface area contributed by atoms with Crippen LogP contribution in [0.25, 0.3) is 0 Å². The van der Waals surface area contributed by atoms with Gasteiger partial charge in [-0.15, -0.1) is 0 Å². The zero-order chi connectivity index (χ0) is 12.3. The fraction of sp³-hybridized carbons (Fsp3) is 0.667. The molecule has 1 fully saturated rings. The third kappa shape index (κ3) is 3.09. The van der Waals surface area contributed by atoms with E-state index in [9.17, 15) is 0 Å². The van der Waals surface area contributed by atoms with E-state index in [1.165, 1.54) is 32.1 Å². The van der Waals surface area contributed by atoms with Crippen LogP contribution in [0.1, 0.15) is 39.0 Å². The second-order valence-electron chi connectivity index (χ2n) is 4.55. The van der Waals surface area contributed by atoms with E-state index in [0.717, 1.165) is 17.1 Å². The SMILES string of the molecule is CCCC1CCCCN1c1nc(N)cc(Br)n1. The van der Waals surface area contributed by atoms with E-state index < -0.39 is 0 Å². The van der Waals surface area contributed by atoms with Crippen LogP contribution >= 0.6 is 15.9 Å². The molecule has 1 unspecified atom stereocenters. The lowest BCUT2D eigenvalue weighted by Gasteiger charge is -2.35. The van der Waals surface area contributed by atoms with Gasteiger partial charge in [0.05, 0.1) is 0 Å². The Balaban J connectivity index is 2.22. The number of halogens is 1. The Morgan fingerprint density at radius 1 is 1.47 bits per heavy atom. The Morgan fingerprint density at radius 2 is 2.29 bits per heavy atom. The van der Waals surface area contributed by atoms with Gasteiger partial charge in [-0.05, 0) is 41.6 Å². The Bertz CT molecular complexity index is 361. The molecule has 5 heteroatoms. The van der Waals surface area contributed by atoms with E-state index in [0.29, 0.717) is 11.9 Å². The number of nitrogens with zero attached hydrogens (tertiary/aromatic N) is 3. The van der Waals surface area contributed by atoms with Gasteiger partial charge in [-0.2, -0.15) is 4.98 Å². The van der Waals surface area contributed by atoms with Gasteiger partial charge < -0.3 is 10.6 Å². The zero-order valence-corrected chi connectivity index (χ0v) is 11.8. The number of hydrogen-bond acceptors (Lipinski definition) is 4. The minimum absolute atomic E-state index is 0.530. The molecule has 1 aromatic rings. The van der Waals surface area contributed by atoms with Gasteiger partial charge in [0, 0.05) is 18.7 Å². The normalized spacial score (nSPS) is 20.6. The average molecular weight is 299 g/mol. The lowest BCUT2D eigenvalue weighted by atomic mass is 9.99. The monoisotopic (exact) mass is 298 g/mol. The third-order valence-electron chi connectivity index (χ3n) is 3.21. The summed E-state index contributed by atoms with van der Waals surface area (Å²) in [6.45, 7) is 3.27. The average Bonchev–Trinajstić information content (AvgIpc) is 2.29. The largest absolute Gasteiger partial charge is 0.383 e. The number of hydrogen-bond donors (Lipinski definition) is 1. The number of anilines is 2. The summed E-state index contributed by atoms with van der Waals surface area (Å²) >= 11 is 3.38. The van der Waals surface area contributed by atoms with Crippen LogP contribution in [0.5, 0.6) is 0 Å². The first kappa shape index (κ1) is 12.6. The topological polar surface area (TPSA) is 55.0 Å². The fourth-order valence-corrected chi connectivity index (χ4v) is 2.84. The number of rotatable bonds is 3. The molecule has 1 atom stereocenters. The molecule has 2 rings (SSSR count). The first-order valence-corrected chi connectivity index (χ1v) is 7.06. The highest BCUT2D eigenvalue weighted by Gasteiger charge is 2.24. The molecule has 0 saturated carbocycles. The third-order valence-corrected chi connectivity index (χ3v) is 3.62. The Morgan fingerprint density at radius 3 is 3.00 bits per heavy atom. The molecule has 1 aromatic heterocycles. The highest BCUT2D eigenvalue weighted by molar-refractivity contribution is 9.10. The van der Waals surface area contributed by atoms with Gasteiger partial charge in [-0.25, -0.2) is 4.98 Å². The van der Waals surface area contributed by atoms with Gasteiger partial charge in [0.15, 0.2) is 0 Å². The first-order valence-electron chi connectivity index (χ1n) is 6.27. The Hall–Kier alpha value is -0.840. The second-order valence-corrected chi connectivity index (χ2v) is 5.36. The zero-order valence-electron chi connectivity index (χ0n) is 10.2. The van der Waals surface area contributed by atoms with Crippen molar-refractivity contribution >= 4 is 27.7 Å². The summed E-state index contributed by atoms with van der Waals surface area (Å²) in [5.41, 5.74) is 5.78. The quantitative estimate of drug-likeness (QED) is 0.872. The molecule has 2 heterocycles. The van der Waals surface area contributed by atoms with E-state index in [-0.39, 0.29) is 0 Å². The van der Waals surface area contributed by atoms with Gasteiger partial charge in [0.25, 0.3) is 0 Å². The highest BCUT2D eigenvalue weighted by Crippen LogP contribution is 2.26. The number of nitrogens with two attached hydrogens (primary N) is 1. The molecule has 0 spiro atoms. The second kappa shape index (κ2) is 5.67. The summed E-state index contributed by atoms with van der Waals surface area (Å²) in [6.07, 6.45) is 6.17. The van der Waals surface area contributed by atoms with Crippen LogP contribution in [0.4, 0.5) is 11.8 Å². The van der Waals surface area contributed by atoms with Crippen molar-refractivity contribution in [1.82, 2.24) is 9.97 Å². The summed E-state index contributed by atoms with van der Waals surface area (Å²) in [5.74, 6) is 1.30. The molecule has 0 aliphatic carbocycles. The molecule has 17 heavy (non-hydrogen) atoms. The molecule has 94 valence electrons. The van der Waals surface area contributed by atoms with Crippen molar-refractivity contribution in [3.8, 4) is 0 Å². The fourth-order valence-electron chi connectivity index (χ4n) is 2.45. The van der Waals surface area contributed by atoms with Crippen molar-refractivity contribution in [2.45, 2.75) is 45.1 Å². The van der Waals surface area contributed by atoms with Crippen molar-refractivity contribution in [2.24, 2.45) is 0 Å². The van der Waals surface area contributed by atoms with Crippen LogP contribution in [0, 0.1) is 0 Å². The molecule has 0 bridgehead atoms. The van der Waals surface area contributed by atoms with E-state index in [4.69, 9.17) is 5.73 Å². The molecule has 1 aliphatic heterocycles. The van der Waals surface area contributed by atoms with Crippen LogP contribution in [-0.4, -0.2) is 22.6 Å². The molecule has 2 N–H and O–H groups in total. The van der Waals surface area contributed by atoms with Crippen molar-refractivity contribution in [2.75, 3.05) is 17.2 Å². The molecule has 1 saturated heterocycles. The Labute approximate surface area is 111 Å². The predicted molar refractivity (Wildman–Crippen MR) is 74.0 cm³/mol. The van der Waals surface area contributed by atoms with Crippen molar-refractivity contribution < 1.29 is 0 Å². The molecule has 4 nitrogen and oxygen atoms in total. The molecule has 0 aromatic carbocycles. The van der Waals surface area contributed by atoms with E-state index in [1.807, 2.05) is 0 Å². The Kier molecular flexibility index (Phi) is 4.20. The molecule has 1 aliphatic rings. The molecule has 0 radical (unpaired) electrons. The molecule has 0 amide bonds. The van der Waals surface area contributed by atoms with Crippen molar-refractivity contribution in [1.29, 1.82) is 0 Å². The summed E-state index contributed by atoms with van der Waals surface area (Å²) in [6, 6.07) is 2.31. The maximum atomic E-state index is 5.78. The van der Waals surface area contributed by atoms with E-state index in [1.54, 1.807) is 6.07 Å². The van der Waals surface area contributed by atoms with Gasteiger partial charge >= 0.3 is 0 Å². The summed E-state index contributed by atoms with van der Waals surface area (Å²) in [7, 11) is 0. The first-order chi connectivity index (χ1) is 8.20. The highest BCUT2D eigenvalue weighted by atomic mass is 79.9. The number of nitrogen functional groups attached to an aromatic ring is 1. The molecular weight excluding hydrogens is 280 g/mol. The minimum Gasteiger partial charge on any atom is -0.383 e. The summed E-state index contributed by atoms with van der Waals surface area (Å²) < 4.78 is 0.765. The summed E-state index contributed by atoms with van der Waals surface area (Å²) in [4.78, 5) is 11.1. The van der Waals surface area contributed by atoms with Crippen LogP contribution < -0.4 is 10.6 Å². The minimum atomic E-state index is 0.530. The van der Waals surface area contributed by atoms with E-state index >= 15 is 0 Å². The standard InChI is InChI=1S/C12H19BrN4/c1-2-5-9-6-3-4-7-17(9)12-15-10(13)8-11(14)16-12/h8-9H,2-7H2,1H3,(H2,14,15,16). The van der Waals surface area contributed by atoms with Gasteiger partial charge in [-0.3, -0.25) is 0 Å². The van der Waals surface area contributed by atoms with Crippen LogP contribution in [-0.2, 0) is 0 Å².